The van der Waals surface area contributed by atoms with Crippen molar-refractivity contribution in [2.75, 3.05) is 13.2 Å². The van der Waals surface area contributed by atoms with Crippen molar-refractivity contribution in [3.05, 3.63) is 29.0 Å². The summed E-state index contributed by atoms with van der Waals surface area (Å²) in [5, 5.41) is 0.267. The lowest BCUT2D eigenvalue weighted by molar-refractivity contribution is -0.00000345. The van der Waals surface area contributed by atoms with Crippen molar-refractivity contribution in [1.29, 1.82) is 0 Å². The average molecular weight is 225 g/mol. The van der Waals surface area contributed by atoms with Gasteiger partial charge < -0.3 is 22.9 Å². The quantitative estimate of drug-likeness (QED) is 0.702. The first-order valence-corrected chi connectivity index (χ1v) is 3.90. The number of halogens is 3. The summed E-state index contributed by atoms with van der Waals surface area (Å²) in [7, 11) is 0. The lowest BCUT2D eigenvalue weighted by Crippen LogP contribution is -3.00. The highest BCUT2D eigenvalue weighted by Crippen LogP contribution is 2.24. The minimum absolute atomic E-state index is 0. The van der Waals surface area contributed by atoms with Gasteiger partial charge >= 0.3 is 0 Å². The van der Waals surface area contributed by atoms with Crippen LogP contribution in [0.25, 0.3) is 0 Å². The molecule has 1 aromatic carbocycles. The van der Waals surface area contributed by atoms with Gasteiger partial charge in [-0.2, -0.15) is 0 Å². The molecule has 0 bridgehead atoms. The van der Waals surface area contributed by atoms with E-state index in [4.69, 9.17) is 22.1 Å². The Bertz CT molecular complexity index is 270. The maximum Gasteiger partial charge on any atom is 0.138 e. The second kappa shape index (κ2) is 6.02. The highest BCUT2D eigenvalue weighted by molar-refractivity contribution is 6.32. The van der Waals surface area contributed by atoms with Crippen LogP contribution in [0.3, 0.4) is 0 Å². The third kappa shape index (κ3) is 3.81. The molecule has 0 heterocycles. The van der Waals surface area contributed by atoms with Crippen LogP contribution in [0.5, 0.6) is 5.75 Å². The highest BCUT2D eigenvalue weighted by Gasteiger charge is 2.01. The van der Waals surface area contributed by atoms with Crippen molar-refractivity contribution < 1.29 is 21.5 Å². The first-order valence-electron chi connectivity index (χ1n) is 3.52. The van der Waals surface area contributed by atoms with E-state index < -0.39 is 0 Å². The molecule has 0 radical (unpaired) electrons. The summed E-state index contributed by atoms with van der Waals surface area (Å²) in [4.78, 5) is 0. The Hall–Kier alpha value is -0.510. The van der Waals surface area contributed by atoms with Gasteiger partial charge in [0.1, 0.15) is 18.2 Å². The molecule has 0 unspecified atom stereocenters. The molecule has 0 aromatic heterocycles. The van der Waals surface area contributed by atoms with E-state index in [-0.39, 0.29) is 23.2 Å². The molecule has 0 spiro atoms. The molecule has 0 amide bonds. The van der Waals surface area contributed by atoms with Gasteiger partial charge in [-0.15, -0.1) is 0 Å². The van der Waals surface area contributed by atoms with Gasteiger partial charge in [-0.1, -0.05) is 11.6 Å². The Morgan fingerprint density at radius 1 is 1.46 bits per heavy atom. The van der Waals surface area contributed by atoms with Gasteiger partial charge in [0.05, 0.1) is 5.02 Å². The van der Waals surface area contributed by atoms with E-state index in [0.29, 0.717) is 18.9 Å². The second-order valence-corrected chi connectivity index (χ2v) is 2.62. The molecule has 13 heavy (non-hydrogen) atoms. The zero-order chi connectivity index (χ0) is 8.97. The standard InChI is InChI=1S/C8H9ClFNO.ClH/c9-7-5-6(10)1-2-8(7)12-4-3-11;/h1-2,5H,3-4,11H2;1H/p-1. The molecule has 74 valence electrons. The Morgan fingerprint density at radius 2 is 2.15 bits per heavy atom. The van der Waals surface area contributed by atoms with Gasteiger partial charge in [-0.3, -0.25) is 0 Å². The Morgan fingerprint density at radius 3 is 2.69 bits per heavy atom. The number of benzene rings is 1. The lowest BCUT2D eigenvalue weighted by atomic mass is 10.3. The van der Waals surface area contributed by atoms with Crippen molar-refractivity contribution in [3.63, 3.8) is 0 Å². The van der Waals surface area contributed by atoms with Crippen molar-refractivity contribution in [3.8, 4) is 5.75 Å². The molecule has 0 saturated carbocycles. The minimum atomic E-state index is -0.375. The Balaban J connectivity index is 0.00000144. The maximum atomic E-state index is 12.5. The predicted molar refractivity (Wildman–Crippen MR) is 46.0 cm³/mol. The molecule has 0 aliphatic heterocycles. The molecule has 0 saturated heterocycles. The fourth-order valence-electron chi connectivity index (χ4n) is 0.761. The average Bonchev–Trinajstić information content (AvgIpc) is 2.03. The molecule has 2 nitrogen and oxygen atoms in total. The number of hydrogen-bond donors (Lipinski definition) is 1. The largest absolute Gasteiger partial charge is 1.00 e. The highest BCUT2D eigenvalue weighted by atomic mass is 35.5. The van der Waals surface area contributed by atoms with E-state index in [0.717, 1.165) is 0 Å². The monoisotopic (exact) mass is 224 g/mol. The van der Waals surface area contributed by atoms with E-state index >= 15 is 0 Å². The van der Waals surface area contributed by atoms with Crippen LogP contribution in [-0.4, -0.2) is 13.2 Å². The fraction of sp³-hybridized carbons (Fsp3) is 0.250. The first kappa shape index (κ1) is 12.5. The molecule has 1 rings (SSSR count). The van der Waals surface area contributed by atoms with Crippen LogP contribution in [0.15, 0.2) is 18.2 Å². The van der Waals surface area contributed by atoms with Crippen LogP contribution < -0.4 is 22.9 Å². The van der Waals surface area contributed by atoms with Gasteiger partial charge in [-0.25, -0.2) is 4.39 Å². The van der Waals surface area contributed by atoms with Gasteiger partial charge in [0.25, 0.3) is 0 Å². The van der Waals surface area contributed by atoms with Gasteiger partial charge in [0, 0.05) is 6.54 Å². The van der Waals surface area contributed by atoms with E-state index in [9.17, 15) is 4.39 Å². The fourth-order valence-corrected chi connectivity index (χ4v) is 0.983. The van der Waals surface area contributed by atoms with Crippen LogP contribution in [0.2, 0.25) is 5.02 Å². The third-order valence-corrected chi connectivity index (χ3v) is 1.56. The normalized spacial score (nSPS) is 9.15. The topological polar surface area (TPSA) is 35.2 Å². The van der Waals surface area contributed by atoms with Crippen molar-refractivity contribution in [2.24, 2.45) is 5.73 Å². The Labute approximate surface area is 87.2 Å². The summed E-state index contributed by atoms with van der Waals surface area (Å²) in [6.07, 6.45) is 0. The molecule has 0 aliphatic rings. The van der Waals surface area contributed by atoms with E-state index in [1.165, 1.54) is 18.2 Å². The van der Waals surface area contributed by atoms with E-state index in [1.54, 1.807) is 0 Å². The second-order valence-electron chi connectivity index (χ2n) is 2.21. The van der Waals surface area contributed by atoms with E-state index in [1.807, 2.05) is 0 Å². The summed E-state index contributed by atoms with van der Waals surface area (Å²) < 4.78 is 17.6. The molecule has 5 heteroatoms. The molecule has 0 aliphatic carbocycles. The lowest BCUT2D eigenvalue weighted by Gasteiger charge is -2.05. The van der Waals surface area contributed by atoms with E-state index in [2.05, 4.69) is 0 Å². The molecule has 0 fully saturated rings. The zero-order valence-corrected chi connectivity index (χ0v) is 8.28. The van der Waals surface area contributed by atoms with Crippen molar-refractivity contribution >= 4 is 11.6 Å². The minimum Gasteiger partial charge on any atom is -1.00 e. The number of rotatable bonds is 3. The van der Waals surface area contributed by atoms with Crippen molar-refractivity contribution in [1.82, 2.24) is 0 Å². The predicted octanol–water partition coefficient (Wildman–Crippen LogP) is -1.18. The van der Waals surface area contributed by atoms with Gasteiger partial charge in [-0.05, 0) is 18.2 Å². The SMILES string of the molecule is NCCOc1ccc(F)cc1Cl.[Cl-]. The van der Waals surface area contributed by atoms with Crippen LogP contribution >= 0.6 is 11.6 Å². The summed E-state index contributed by atoms with van der Waals surface area (Å²) in [6, 6.07) is 3.97. The molecular formula is C8H9Cl2FNO-. The third-order valence-electron chi connectivity index (χ3n) is 1.27. The first-order chi connectivity index (χ1) is 5.74. The molecule has 2 N–H and O–H groups in total. The van der Waals surface area contributed by atoms with Crippen LogP contribution in [0.4, 0.5) is 4.39 Å². The smallest absolute Gasteiger partial charge is 0.138 e. The summed E-state index contributed by atoms with van der Waals surface area (Å²) in [5.41, 5.74) is 5.21. The molecular weight excluding hydrogens is 216 g/mol. The van der Waals surface area contributed by atoms with Crippen LogP contribution in [0, 0.1) is 5.82 Å². The van der Waals surface area contributed by atoms with Gasteiger partial charge in [0.15, 0.2) is 0 Å². The van der Waals surface area contributed by atoms with Crippen LogP contribution in [0.1, 0.15) is 0 Å². The maximum absolute atomic E-state index is 12.5. The zero-order valence-electron chi connectivity index (χ0n) is 6.77. The number of nitrogens with two attached hydrogens (primary N) is 1. The molecule has 0 atom stereocenters. The molecule has 1 aromatic rings. The number of hydrogen-bond acceptors (Lipinski definition) is 2. The summed E-state index contributed by atoms with van der Waals surface area (Å²) in [6.45, 7) is 0.791. The summed E-state index contributed by atoms with van der Waals surface area (Å²) >= 11 is 5.66. The Kier molecular flexibility index (Phi) is 5.79. The van der Waals surface area contributed by atoms with Crippen molar-refractivity contribution in [2.45, 2.75) is 0 Å². The number of ether oxygens (including phenoxy) is 1. The summed E-state index contributed by atoms with van der Waals surface area (Å²) in [5.74, 6) is 0.0867. The van der Waals surface area contributed by atoms with Gasteiger partial charge in [0.2, 0.25) is 0 Å². The van der Waals surface area contributed by atoms with Crippen LogP contribution in [-0.2, 0) is 0 Å².